The van der Waals surface area contributed by atoms with E-state index in [9.17, 15) is 4.79 Å². The Morgan fingerprint density at radius 2 is 1.73 bits per heavy atom. The first-order chi connectivity index (χ1) is 10.6. The number of ether oxygens (including phenoxy) is 2. The van der Waals surface area contributed by atoms with Crippen LogP contribution in [0.3, 0.4) is 0 Å². The van der Waals surface area contributed by atoms with Crippen LogP contribution in [-0.4, -0.2) is 19.1 Å². The van der Waals surface area contributed by atoms with Crippen LogP contribution in [0.5, 0.6) is 11.5 Å². The number of carbonyl (C=O) groups excluding carboxylic acids is 1. The van der Waals surface area contributed by atoms with Crippen molar-refractivity contribution < 1.29 is 14.3 Å². The van der Waals surface area contributed by atoms with E-state index in [1.165, 1.54) is 0 Å². The molecule has 1 N–H and O–H groups in total. The van der Waals surface area contributed by atoms with Gasteiger partial charge in [0.05, 0.1) is 23.9 Å². The van der Waals surface area contributed by atoms with Crippen molar-refractivity contribution in [1.29, 1.82) is 0 Å². The monoisotopic (exact) mass is 429 g/mol. The van der Waals surface area contributed by atoms with E-state index in [-0.39, 0.29) is 5.91 Å². The average molecular weight is 430 g/mol. The third-order valence-corrected chi connectivity index (χ3v) is 4.22. The molecule has 0 atom stereocenters. The maximum atomic E-state index is 12.3. The molecule has 1 heterocycles. The highest BCUT2D eigenvalue weighted by molar-refractivity contribution is 14.1. The van der Waals surface area contributed by atoms with Gasteiger partial charge in [0.15, 0.2) is 11.5 Å². The molecule has 0 saturated heterocycles. The lowest BCUT2D eigenvalue weighted by atomic mass is 10.2. The van der Waals surface area contributed by atoms with Crippen LogP contribution in [0.25, 0.3) is 0 Å². The van der Waals surface area contributed by atoms with E-state index in [0.717, 1.165) is 9.99 Å². The predicted octanol–water partition coefficient (Wildman–Crippen LogP) is 4.36. The van der Waals surface area contributed by atoms with Gasteiger partial charge in [0.1, 0.15) is 0 Å². The highest BCUT2D eigenvalue weighted by Crippen LogP contribution is 2.37. The van der Waals surface area contributed by atoms with Gasteiger partial charge in [-0.25, -0.2) is 0 Å². The summed E-state index contributed by atoms with van der Waals surface area (Å²) in [4.78, 5) is 12.3. The number of fused-ring (bicyclic) bond motifs is 1. The van der Waals surface area contributed by atoms with Gasteiger partial charge in [0.25, 0.3) is 5.91 Å². The Hall–Kier alpha value is -1.47. The number of benzene rings is 2. The number of nitrogens with one attached hydrogen (secondary N) is 1. The second-order valence-electron chi connectivity index (χ2n) is 4.79. The minimum absolute atomic E-state index is 0.215. The van der Waals surface area contributed by atoms with Crippen molar-refractivity contribution in [1.82, 2.24) is 0 Å². The molecule has 0 aliphatic carbocycles. The highest BCUT2D eigenvalue weighted by Gasteiger charge is 2.16. The van der Waals surface area contributed by atoms with E-state index in [4.69, 9.17) is 21.1 Å². The summed E-state index contributed by atoms with van der Waals surface area (Å²) in [6.07, 6.45) is 0.816. The van der Waals surface area contributed by atoms with Crippen LogP contribution in [0, 0.1) is 3.57 Å². The molecule has 114 valence electrons. The summed E-state index contributed by atoms with van der Waals surface area (Å²) in [6.45, 7) is 1.18. The molecule has 1 amide bonds. The first-order valence-corrected chi connectivity index (χ1v) is 8.25. The molecule has 22 heavy (non-hydrogen) atoms. The smallest absolute Gasteiger partial charge is 0.255 e. The van der Waals surface area contributed by atoms with Crippen LogP contribution >= 0.6 is 34.2 Å². The van der Waals surface area contributed by atoms with Gasteiger partial charge in [-0.15, -0.1) is 0 Å². The molecule has 0 aromatic heterocycles. The fourth-order valence-corrected chi connectivity index (χ4v) is 2.64. The van der Waals surface area contributed by atoms with Crippen molar-refractivity contribution in [2.24, 2.45) is 0 Å². The first-order valence-electron chi connectivity index (χ1n) is 6.79. The maximum absolute atomic E-state index is 12.3. The molecule has 0 bridgehead atoms. The third-order valence-electron chi connectivity index (χ3n) is 3.19. The minimum Gasteiger partial charge on any atom is -0.490 e. The summed E-state index contributed by atoms with van der Waals surface area (Å²) < 4.78 is 12.2. The number of amides is 1. The molecular weight excluding hydrogens is 417 g/mol. The lowest BCUT2D eigenvalue weighted by Gasteiger charge is -2.12. The van der Waals surface area contributed by atoms with Crippen molar-refractivity contribution in [3.8, 4) is 11.5 Å². The van der Waals surface area contributed by atoms with Gasteiger partial charge in [-0.05, 0) is 46.9 Å². The number of hydrogen-bond acceptors (Lipinski definition) is 3. The molecule has 6 heteroatoms. The molecule has 0 spiro atoms. The number of carbonyl (C=O) groups is 1. The second-order valence-corrected chi connectivity index (χ2v) is 6.44. The predicted molar refractivity (Wildman–Crippen MR) is 94.2 cm³/mol. The Morgan fingerprint density at radius 3 is 2.41 bits per heavy atom. The SMILES string of the molecule is O=C(Nc1cc2c(cc1Cl)OCCCO2)c1ccc(I)cc1. The van der Waals surface area contributed by atoms with Crippen molar-refractivity contribution in [2.45, 2.75) is 6.42 Å². The van der Waals surface area contributed by atoms with Gasteiger partial charge in [-0.1, -0.05) is 11.6 Å². The van der Waals surface area contributed by atoms with Crippen molar-refractivity contribution >= 4 is 45.8 Å². The zero-order valence-electron chi connectivity index (χ0n) is 11.6. The van der Waals surface area contributed by atoms with Gasteiger partial charge >= 0.3 is 0 Å². The molecular formula is C16H13ClINO3. The minimum atomic E-state index is -0.215. The molecule has 0 radical (unpaired) electrons. The third kappa shape index (κ3) is 3.47. The quantitative estimate of drug-likeness (QED) is 0.722. The van der Waals surface area contributed by atoms with Crippen LogP contribution in [0.1, 0.15) is 16.8 Å². The largest absolute Gasteiger partial charge is 0.490 e. The summed E-state index contributed by atoms with van der Waals surface area (Å²) in [5.41, 5.74) is 1.08. The van der Waals surface area contributed by atoms with E-state index in [1.54, 1.807) is 24.3 Å². The summed E-state index contributed by atoms with van der Waals surface area (Å²) in [6, 6.07) is 10.7. The number of halogens is 2. The van der Waals surface area contributed by atoms with Crippen LogP contribution in [0.2, 0.25) is 5.02 Å². The molecule has 2 aromatic rings. The summed E-state index contributed by atoms with van der Waals surface area (Å²) in [5.74, 6) is 0.988. The summed E-state index contributed by atoms with van der Waals surface area (Å²) in [5, 5.41) is 3.23. The van der Waals surface area contributed by atoms with E-state index in [0.29, 0.717) is 41.0 Å². The lowest BCUT2D eigenvalue weighted by Crippen LogP contribution is -2.12. The van der Waals surface area contributed by atoms with Crippen molar-refractivity contribution in [2.75, 3.05) is 18.5 Å². The lowest BCUT2D eigenvalue weighted by molar-refractivity contribution is 0.102. The normalized spacial score (nSPS) is 13.4. The van der Waals surface area contributed by atoms with E-state index < -0.39 is 0 Å². The van der Waals surface area contributed by atoms with E-state index in [1.807, 2.05) is 12.1 Å². The van der Waals surface area contributed by atoms with Gasteiger partial charge in [-0.2, -0.15) is 0 Å². The van der Waals surface area contributed by atoms with Crippen LogP contribution in [-0.2, 0) is 0 Å². The summed E-state index contributed by atoms with van der Waals surface area (Å²) >= 11 is 8.41. The molecule has 2 aromatic carbocycles. The van der Waals surface area contributed by atoms with E-state index >= 15 is 0 Å². The Labute approximate surface area is 146 Å². The average Bonchev–Trinajstić information content (AvgIpc) is 2.73. The van der Waals surface area contributed by atoms with Crippen LogP contribution < -0.4 is 14.8 Å². The molecule has 1 aliphatic rings. The van der Waals surface area contributed by atoms with E-state index in [2.05, 4.69) is 27.9 Å². The van der Waals surface area contributed by atoms with Crippen molar-refractivity contribution in [3.63, 3.8) is 0 Å². The van der Waals surface area contributed by atoms with Crippen LogP contribution in [0.4, 0.5) is 5.69 Å². The molecule has 0 fully saturated rings. The fourth-order valence-electron chi connectivity index (χ4n) is 2.08. The topological polar surface area (TPSA) is 47.6 Å². The van der Waals surface area contributed by atoms with Crippen LogP contribution in [0.15, 0.2) is 36.4 Å². The number of rotatable bonds is 2. The Morgan fingerprint density at radius 1 is 1.09 bits per heavy atom. The maximum Gasteiger partial charge on any atom is 0.255 e. The molecule has 1 aliphatic heterocycles. The Kier molecular flexibility index (Phi) is 4.73. The van der Waals surface area contributed by atoms with Gasteiger partial charge < -0.3 is 14.8 Å². The van der Waals surface area contributed by atoms with Gasteiger partial charge in [-0.3, -0.25) is 4.79 Å². The molecule has 4 nitrogen and oxygen atoms in total. The standard InChI is InChI=1S/C16H13ClINO3/c17-12-8-14-15(22-7-1-6-21-14)9-13(12)19-16(20)10-2-4-11(18)5-3-10/h2-5,8-9H,1,6-7H2,(H,19,20). The van der Waals surface area contributed by atoms with Gasteiger partial charge in [0.2, 0.25) is 0 Å². The Balaban J connectivity index is 1.84. The molecule has 0 unspecified atom stereocenters. The molecule has 0 saturated carbocycles. The number of hydrogen-bond donors (Lipinski definition) is 1. The Bertz CT molecular complexity index is 703. The molecule has 3 rings (SSSR count). The zero-order chi connectivity index (χ0) is 15.5. The van der Waals surface area contributed by atoms with Gasteiger partial charge in [0, 0.05) is 27.7 Å². The summed E-state index contributed by atoms with van der Waals surface area (Å²) in [7, 11) is 0. The highest BCUT2D eigenvalue weighted by atomic mass is 127. The number of anilines is 1. The first kappa shape index (κ1) is 15.4. The van der Waals surface area contributed by atoms with Crippen molar-refractivity contribution in [3.05, 3.63) is 50.6 Å². The zero-order valence-corrected chi connectivity index (χ0v) is 14.5. The fraction of sp³-hybridized carbons (Fsp3) is 0.188. The second kappa shape index (κ2) is 6.75.